The molecule has 144 valence electrons. The second kappa shape index (κ2) is 10.0. The van der Waals surface area contributed by atoms with Crippen LogP contribution in [-0.4, -0.2) is 49.7 Å². The molecule has 1 N–H and O–H groups in total. The van der Waals surface area contributed by atoms with Gasteiger partial charge in [-0.2, -0.15) is 0 Å². The van der Waals surface area contributed by atoms with Crippen LogP contribution in [0.2, 0.25) is 0 Å². The smallest absolute Gasteiger partial charge is 0.308 e. The zero-order valence-electron chi connectivity index (χ0n) is 16.3. The Kier molecular flexibility index (Phi) is 7.75. The number of likely N-dealkylation sites (tertiary alicyclic amines) is 1. The molecule has 6 heteroatoms. The third-order valence-electron chi connectivity index (χ3n) is 4.35. The first kappa shape index (κ1) is 20.1. The number of hydrogen-bond donors (Lipinski definition) is 1. The maximum Gasteiger partial charge on any atom is 0.308 e. The summed E-state index contributed by atoms with van der Waals surface area (Å²) in [6, 6.07) is 8.06. The van der Waals surface area contributed by atoms with Crippen molar-refractivity contribution in [3.63, 3.8) is 0 Å². The topological polar surface area (TPSA) is 63.2 Å². The van der Waals surface area contributed by atoms with Crippen LogP contribution in [0.5, 0.6) is 5.75 Å². The fourth-order valence-electron chi connectivity index (χ4n) is 3.07. The minimum Gasteiger partial charge on any atom is -0.491 e. The fourth-order valence-corrected chi connectivity index (χ4v) is 3.07. The number of carbonyl (C=O) groups excluding carboxylic acids is 1. The van der Waals surface area contributed by atoms with Crippen molar-refractivity contribution in [3.8, 4) is 5.75 Å². The van der Waals surface area contributed by atoms with Gasteiger partial charge in [-0.15, -0.1) is 0 Å². The van der Waals surface area contributed by atoms with Gasteiger partial charge in [0.05, 0.1) is 25.7 Å². The summed E-state index contributed by atoms with van der Waals surface area (Å²) in [7, 11) is 1.46. The van der Waals surface area contributed by atoms with Crippen LogP contribution < -0.4 is 10.1 Å². The number of carbonyl (C=O) groups is 1. The minimum atomic E-state index is -0.103. The van der Waals surface area contributed by atoms with Gasteiger partial charge in [-0.3, -0.25) is 4.79 Å². The molecule has 26 heavy (non-hydrogen) atoms. The van der Waals surface area contributed by atoms with E-state index in [2.05, 4.69) is 23.2 Å². The number of nitrogens with zero attached hydrogens (tertiary/aromatic N) is 2. The lowest BCUT2D eigenvalue weighted by Gasteiger charge is -2.33. The first-order valence-electron chi connectivity index (χ1n) is 9.40. The van der Waals surface area contributed by atoms with Crippen molar-refractivity contribution in [2.45, 2.75) is 46.3 Å². The van der Waals surface area contributed by atoms with Crippen molar-refractivity contribution in [1.82, 2.24) is 10.2 Å². The lowest BCUT2D eigenvalue weighted by atomic mass is 9.97. The zero-order chi connectivity index (χ0) is 18.9. The summed E-state index contributed by atoms with van der Waals surface area (Å²) in [5.41, 5.74) is 1.11. The number of guanidine groups is 1. The number of benzene rings is 1. The lowest BCUT2D eigenvalue weighted by Crippen LogP contribution is -2.46. The van der Waals surface area contributed by atoms with Crippen molar-refractivity contribution in [3.05, 3.63) is 29.8 Å². The molecule has 0 saturated carbocycles. The molecule has 1 aromatic rings. The normalized spacial score (nSPS) is 15.9. The summed E-state index contributed by atoms with van der Waals surface area (Å²) in [6.45, 7) is 9.12. The number of methoxy groups -OCH3 is 1. The number of nitrogens with one attached hydrogen (secondary N) is 1. The Bertz CT molecular complexity index is 608. The van der Waals surface area contributed by atoms with E-state index in [0.717, 1.165) is 49.7 Å². The van der Waals surface area contributed by atoms with Crippen molar-refractivity contribution < 1.29 is 14.3 Å². The van der Waals surface area contributed by atoms with Gasteiger partial charge in [0, 0.05) is 19.6 Å². The van der Waals surface area contributed by atoms with Crippen LogP contribution >= 0.6 is 0 Å². The molecule has 1 saturated heterocycles. The molecule has 0 aliphatic carbocycles. The molecule has 1 aromatic carbocycles. The molecule has 0 bridgehead atoms. The molecule has 2 rings (SSSR count). The summed E-state index contributed by atoms with van der Waals surface area (Å²) in [6.07, 6.45) is 1.76. The van der Waals surface area contributed by atoms with E-state index in [0.29, 0.717) is 6.54 Å². The van der Waals surface area contributed by atoms with E-state index in [-0.39, 0.29) is 18.0 Å². The highest BCUT2D eigenvalue weighted by molar-refractivity contribution is 5.80. The Morgan fingerprint density at radius 2 is 2.08 bits per heavy atom. The predicted octanol–water partition coefficient (Wildman–Crippen LogP) is 2.82. The second-order valence-corrected chi connectivity index (χ2v) is 6.77. The van der Waals surface area contributed by atoms with E-state index in [1.165, 1.54) is 7.11 Å². The molecular formula is C20H31N3O3. The van der Waals surface area contributed by atoms with Crippen LogP contribution in [0.1, 0.15) is 39.2 Å². The molecule has 0 amide bonds. The number of ether oxygens (including phenoxy) is 2. The Hall–Kier alpha value is -2.24. The SMILES string of the molecule is CCNC(=NCc1cccc(OC(C)C)c1)N1CCC(C(=O)OC)CC1. The lowest BCUT2D eigenvalue weighted by molar-refractivity contribution is -0.146. The van der Waals surface area contributed by atoms with Crippen LogP contribution in [0.4, 0.5) is 0 Å². The standard InChI is InChI=1S/C20H31N3O3/c1-5-21-20(23-11-9-17(10-12-23)19(24)25-4)22-14-16-7-6-8-18(13-16)26-15(2)3/h6-8,13,15,17H,5,9-12,14H2,1-4H3,(H,21,22). The molecule has 0 aromatic heterocycles. The first-order chi connectivity index (χ1) is 12.5. The maximum atomic E-state index is 11.7. The van der Waals surface area contributed by atoms with Crippen LogP contribution in [0.15, 0.2) is 29.3 Å². The van der Waals surface area contributed by atoms with Crippen molar-refractivity contribution >= 4 is 11.9 Å². The number of piperidine rings is 1. The molecule has 1 fully saturated rings. The van der Waals surface area contributed by atoms with Gasteiger partial charge in [-0.1, -0.05) is 12.1 Å². The van der Waals surface area contributed by atoms with E-state index in [4.69, 9.17) is 14.5 Å². The Labute approximate surface area is 156 Å². The van der Waals surface area contributed by atoms with Gasteiger partial charge in [0.25, 0.3) is 0 Å². The van der Waals surface area contributed by atoms with Crippen LogP contribution in [0.3, 0.4) is 0 Å². The molecule has 0 atom stereocenters. The first-order valence-corrected chi connectivity index (χ1v) is 9.40. The Morgan fingerprint density at radius 1 is 1.35 bits per heavy atom. The van der Waals surface area contributed by atoms with E-state index in [1.807, 2.05) is 32.0 Å². The average molecular weight is 361 g/mol. The largest absolute Gasteiger partial charge is 0.491 e. The predicted molar refractivity (Wildman–Crippen MR) is 103 cm³/mol. The number of hydrogen-bond acceptors (Lipinski definition) is 4. The second-order valence-electron chi connectivity index (χ2n) is 6.77. The molecule has 1 aliphatic rings. The summed E-state index contributed by atoms with van der Waals surface area (Å²) in [4.78, 5) is 18.7. The van der Waals surface area contributed by atoms with Crippen molar-refractivity contribution in [2.24, 2.45) is 10.9 Å². The van der Waals surface area contributed by atoms with Gasteiger partial charge in [0.1, 0.15) is 5.75 Å². The van der Waals surface area contributed by atoms with Crippen LogP contribution in [0, 0.1) is 5.92 Å². The van der Waals surface area contributed by atoms with Crippen molar-refractivity contribution in [1.29, 1.82) is 0 Å². The van der Waals surface area contributed by atoms with E-state index < -0.39 is 0 Å². The number of esters is 1. The van der Waals surface area contributed by atoms with E-state index >= 15 is 0 Å². The monoisotopic (exact) mass is 361 g/mol. The highest BCUT2D eigenvalue weighted by Gasteiger charge is 2.26. The highest BCUT2D eigenvalue weighted by Crippen LogP contribution is 2.19. The van der Waals surface area contributed by atoms with E-state index in [9.17, 15) is 4.79 Å². The van der Waals surface area contributed by atoms with Gasteiger partial charge in [0.2, 0.25) is 0 Å². The van der Waals surface area contributed by atoms with Crippen molar-refractivity contribution in [2.75, 3.05) is 26.7 Å². The summed E-state index contributed by atoms with van der Waals surface area (Å²) < 4.78 is 10.6. The Balaban J connectivity index is 2.00. The molecule has 1 heterocycles. The number of rotatable bonds is 6. The van der Waals surface area contributed by atoms with Gasteiger partial charge in [-0.25, -0.2) is 4.99 Å². The quantitative estimate of drug-likeness (QED) is 0.480. The fraction of sp³-hybridized carbons (Fsp3) is 0.600. The molecule has 0 unspecified atom stereocenters. The third-order valence-corrected chi connectivity index (χ3v) is 4.35. The number of aliphatic imine (C=N–C) groups is 1. The summed E-state index contributed by atoms with van der Waals surface area (Å²) in [5.74, 6) is 1.67. The molecule has 0 radical (unpaired) electrons. The maximum absolute atomic E-state index is 11.7. The van der Waals surface area contributed by atoms with Gasteiger partial charge in [0.15, 0.2) is 5.96 Å². The molecule has 1 aliphatic heterocycles. The van der Waals surface area contributed by atoms with Crippen LogP contribution in [-0.2, 0) is 16.1 Å². The van der Waals surface area contributed by atoms with Crippen LogP contribution in [0.25, 0.3) is 0 Å². The van der Waals surface area contributed by atoms with Gasteiger partial charge in [-0.05, 0) is 51.3 Å². The highest BCUT2D eigenvalue weighted by atomic mass is 16.5. The average Bonchev–Trinajstić information content (AvgIpc) is 2.64. The molecular weight excluding hydrogens is 330 g/mol. The Morgan fingerprint density at radius 3 is 2.69 bits per heavy atom. The zero-order valence-corrected chi connectivity index (χ0v) is 16.3. The minimum absolute atomic E-state index is 0.00369. The summed E-state index contributed by atoms with van der Waals surface area (Å²) >= 11 is 0. The summed E-state index contributed by atoms with van der Waals surface area (Å²) in [5, 5.41) is 3.36. The molecule has 0 spiro atoms. The molecule has 6 nitrogen and oxygen atoms in total. The van der Waals surface area contributed by atoms with Gasteiger partial charge < -0.3 is 19.7 Å². The van der Waals surface area contributed by atoms with Gasteiger partial charge >= 0.3 is 5.97 Å². The third kappa shape index (κ3) is 5.93. The van der Waals surface area contributed by atoms with E-state index in [1.54, 1.807) is 0 Å².